The monoisotopic (exact) mass is 206 g/mol. The topological polar surface area (TPSA) is 9.23 Å². The summed E-state index contributed by atoms with van der Waals surface area (Å²) in [7, 11) is -0.275. The fourth-order valence-corrected chi connectivity index (χ4v) is 3.13. The lowest BCUT2D eigenvalue weighted by Gasteiger charge is -2.27. The predicted molar refractivity (Wildman–Crippen MR) is 61.9 cm³/mol. The summed E-state index contributed by atoms with van der Waals surface area (Å²) in [6, 6.07) is 1.28. The van der Waals surface area contributed by atoms with Crippen molar-refractivity contribution in [2.75, 3.05) is 5.75 Å². The first-order valence-corrected chi connectivity index (χ1v) is 7.14. The zero-order valence-corrected chi connectivity index (χ0v) is 10.9. The van der Waals surface area contributed by atoms with Crippen molar-refractivity contribution in [3.05, 3.63) is 0 Å². The third-order valence-corrected chi connectivity index (χ3v) is 4.50. The van der Waals surface area contributed by atoms with Crippen LogP contribution in [0.2, 0.25) is 6.04 Å². The summed E-state index contributed by atoms with van der Waals surface area (Å²) in [5, 5.41) is 0. The Bertz CT molecular complexity index is 105. The van der Waals surface area contributed by atoms with Gasteiger partial charge in [-0.3, -0.25) is 0 Å². The summed E-state index contributed by atoms with van der Waals surface area (Å²) in [6.07, 6.45) is 3.49. The van der Waals surface area contributed by atoms with E-state index in [0.29, 0.717) is 0 Å². The van der Waals surface area contributed by atoms with Crippen molar-refractivity contribution in [2.45, 2.75) is 51.7 Å². The minimum absolute atomic E-state index is 0.169. The molecule has 0 aliphatic heterocycles. The van der Waals surface area contributed by atoms with Gasteiger partial charge in [-0.25, -0.2) is 0 Å². The molecule has 0 saturated carbocycles. The third kappa shape index (κ3) is 5.22. The maximum absolute atomic E-state index is 5.93. The second-order valence-corrected chi connectivity index (χ2v) is 5.29. The lowest BCUT2D eigenvalue weighted by molar-refractivity contribution is 0.0851. The maximum atomic E-state index is 5.93. The Morgan fingerprint density at radius 3 is 2.33 bits per heavy atom. The van der Waals surface area contributed by atoms with E-state index < -0.39 is 0 Å². The molecule has 0 aliphatic carbocycles. The lowest BCUT2D eigenvalue weighted by atomic mass is 10.0. The summed E-state index contributed by atoms with van der Waals surface area (Å²) in [5.41, 5.74) is 0.169. The van der Waals surface area contributed by atoms with Crippen molar-refractivity contribution in [3.63, 3.8) is 0 Å². The molecule has 0 unspecified atom stereocenters. The van der Waals surface area contributed by atoms with Gasteiger partial charge in [0.25, 0.3) is 0 Å². The van der Waals surface area contributed by atoms with E-state index in [-0.39, 0.29) is 15.4 Å². The Morgan fingerprint density at radius 2 is 1.92 bits per heavy atom. The summed E-state index contributed by atoms with van der Waals surface area (Å²) in [5.74, 6) is 1.01. The second-order valence-electron chi connectivity index (χ2n) is 3.44. The molecule has 0 amide bonds. The highest BCUT2D eigenvalue weighted by atomic mass is 32.1. The first-order chi connectivity index (χ1) is 5.68. The molecule has 0 saturated heterocycles. The first kappa shape index (κ1) is 12.5. The molecular formula is C9H22OSSi. The van der Waals surface area contributed by atoms with E-state index in [1.165, 1.54) is 12.5 Å². The van der Waals surface area contributed by atoms with E-state index in [0.717, 1.165) is 18.6 Å². The average Bonchev–Trinajstić information content (AvgIpc) is 2.12. The SMILES string of the molecule is CCC(C)(CC)O[SiH2]CCCS. The van der Waals surface area contributed by atoms with E-state index in [1.807, 2.05) is 0 Å². The van der Waals surface area contributed by atoms with Gasteiger partial charge in [-0.05, 0) is 38.0 Å². The van der Waals surface area contributed by atoms with Crippen LogP contribution in [0.25, 0.3) is 0 Å². The molecule has 74 valence electrons. The minimum Gasteiger partial charge on any atom is -0.419 e. The number of thiol groups is 1. The van der Waals surface area contributed by atoms with Crippen molar-refractivity contribution in [3.8, 4) is 0 Å². The molecule has 0 fully saturated rings. The Kier molecular flexibility index (Phi) is 7.29. The van der Waals surface area contributed by atoms with Gasteiger partial charge < -0.3 is 4.43 Å². The van der Waals surface area contributed by atoms with Crippen LogP contribution in [0.3, 0.4) is 0 Å². The summed E-state index contributed by atoms with van der Waals surface area (Å²) < 4.78 is 5.93. The van der Waals surface area contributed by atoms with E-state index in [4.69, 9.17) is 4.43 Å². The smallest absolute Gasteiger partial charge is 0.162 e. The van der Waals surface area contributed by atoms with E-state index in [2.05, 4.69) is 33.4 Å². The quantitative estimate of drug-likeness (QED) is 0.382. The van der Waals surface area contributed by atoms with Gasteiger partial charge in [-0.15, -0.1) is 0 Å². The van der Waals surface area contributed by atoms with Gasteiger partial charge in [0, 0.05) is 0 Å². The largest absolute Gasteiger partial charge is 0.419 e. The highest BCUT2D eigenvalue weighted by Gasteiger charge is 2.18. The summed E-state index contributed by atoms with van der Waals surface area (Å²) in [6.45, 7) is 6.63. The van der Waals surface area contributed by atoms with Gasteiger partial charge in [-0.2, -0.15) is 12.6 Å². The van der Waals surface area contributed by atoms with Crippen molar-refractivity contribution < 1.29 is 4.43 Å². The van der Waals surface area contributed by atoms with Gasteiger partial charge >= 0.3 is 0 Å². The van der Waals surface area contributed by atoms with Crippen LogP contribution in [0.15, 0.2) is 0 Å². The number of hydrogen-bond acceptors (Lipinski definition) is 2. The highest BCUT2D eigenvalue weighted by molar-refractivity contribution is 7.80. The Hall–Kier alpha value is 0.527. The van der Waals surface area contributed by atoms with Crippen LogP contribution in [-0.4, -0.2) is 21.1 Å². The lowest BCUT2D eigenvalue weighted by Crippen LogP contribution is -2.28. The Balaban J connectivity index is 3.45. The molecule has 0 aromatic rings. The van der Waals surface area contributed by atoms with Crippen LogP contribution in [-0.2, 0) is 4.43 Å². The minimum atomic E-state index is -0.275. The zero-order chi connectivity index (χ0) is 9.45. The summed E-state index contributed by atoms with van der Waals surface area (Å²) >= 11 is 4.18. The van der Waals surface area contributed by atoms with E-state index in [1.54, 1.807) is 0 Å². The Morgan fingerprint density at radius 1 is 1.33 bits per heavy atom. The van der Waals surface area contributed by atoms with Gasteiger partial charge in [0.05, 0.1) is 5.60 Å². The van der Waals surface area contributed by atoms with Crippen LogP contribution in [0.5, 0.6) is 0 Å². The molecule has 0 spiro atoms. The van der Waals surface area contributed by atoms with Crippen LogP contribution in [0.4, 0.5) is 0 Å². The Labute approximate surface area is 84.6 Å². The fourth-order valence-electron chi connectivity index (χ4n) is 0.987. The number of hydrogen-bond donors (Lipinski definition) is 1. The van der Waals surface area contributed by atoms with Gasteiger partial charge in [-0.1, -0.05) is 13.8 Å². The van der Waals surface area contributed by atoms with Crippen molar-refractivity contribution in [1.29, 1.82) is 0 Å². The van der Waals surface area contributed by atoms with E-state index >= 15 is 0 Å². The van der Waals surface area contributed by atoms with Crippen LogP contribution in [0, 0.1) is 0 Å². The van der Waals surface area contributed by atoms with Gasteiger partial charge in [0.2, 0.25) is 0 Å². The maximum Gasteiger partial charge on any atom is 0.162 e. The second kappa shape index (κ2) is 6.98. The molecule has 1 nitrogen and oxygen atoms in total. The molecule has 0 aromatic heterocycles. The highest BCUT2D eigenvalue weighted by Crippen LogP contribution is 2.18. The zero-order valence-electron chi connectivity index (χ0n) is 8.60. The summed E-state index contributed by atoms with van der Waals surface area (Å²) in [4.78, 5) is 0. The molecule has 0 aromatic carbocycles. The molecule has 3 heteroatoms. The fraction of sp³-hybridized carbons (Fsp3) is 1.00. The van der Waals surface area contributed by atoms with Crippen LogP contribution >= 0.6 is 12.6 Å². The molecule has 0 heterocycles. The molecule has 0 radical (unpaired) electrons. The average molecular weight is 206 g/mol. The van der Waals surface area contributed by atoms with E-state index in [9.17, 15) is 0 Å². The first-order valence-electron chi connectivity index (χ1n) is 4.93. The molecule has 0 atom stereocenters. The molecule has 0 rings (SSSR count). The third-order valence-electron chi connectivity index (χ3n) is 2.50. The van der Waals surface area contributed by atoms with Crippen molar-refractivity contribution in [1.82, 2.24) is 0 Å². The van der Waals surface area contributed by atoms with Gasteiger partial charge in [0.1, 0.15) is 0 Å². The van der Waals surface area contributed by atoms with Crippen LogP contribution < -0.4 is 0 Å². The molecule has 0 N–H and O–H groups in total. The standard InChI is InChI=1S/C9H22OSSi/c1-4-9(3,5-2)10-12-8-6-7-11/h11H,4-8,12H2,1-3H3. The number of rotatable bonds is 7. The molecular weight excluding hydrogens is 184 g/mol. The van der Waals surface area contributed by atoms with Crippen molar-refractivity contribution in [2.24, 2.45) is 0 Å². The molecule has 0 aliphatic rings. The van der Waals surface area contributed by atoms with Crippen LogP contribution in [0.1, 0.15) is 40.0 Å². The molecule has 0 bridgehead atoms. The predicted octanol–water partition coefficient (Wildman–Crippen LogP) is 2.40. The van der Waals surface area contributed by atoms with Crippen molar-refractivity contribution >= 4 is 22.4 Å². The normalized spacial score (nSPS) is 13.0. The molecule has 12 heavy (non-hydrogen) atoms. The van der Waals surface area contributed by atoms with Gasteiger partial charge in [0.15, 0.2) is 9.76 Å².